The maximum absolute atomic E-state index is 11.2. The van der Waals surface area contributed by atoms with E-state index in [9.17, 15) is 4.79 Å². The molecule has 12 heavy (non-hydrogen) atoms. The summed E-state index contributed by atoms with van der Waals surface area (Å²) < 4.78 is 10.7. The molecule has 0 saturated carbocycles. The third kappa shape index (κ3) is 0.937. The smallest absolute Gasteiger partial charge is 0.199 e. The number of ketones is 1. The third-order valence-electron chi connectivity index (χ3n) is 2.29. The molecule has 0 N–H and O–H groups in total. The number of allylic oxidation sites excluding steroid dienone is 1. The molecule has 1 spiro atoms. The molecule has 0 amide bonds. The lowest BCUT2D eigenvalue weighted by Crippen LogP contribution is -2.29. The molecule has 1 aliphatic heterocycles. The van der Waals surface area contributed by atoms with Crippen LogP contribution in [-0.4, -0.2) is 24.8 Å². The molecule has 66 valence electrons. The van der Waals surface area contributed by atoms with E-state index in [-0.39, 0.29) is 17.2 Å². The predicted octanol–water partition coefficient (Wildman–Crippen LogP) is 1.22. The topological polar surface area (TPSA) is 35.5 Å². The van der Waals surface area contributed by atoms with Crippen molar-refractivity contribution in [2.75, 3.05) is 13.2 Å². The molecule has 3 nitrogen and oxygen atoms in total. The summed E-state index contributed by atoms with van der Waals surface area (Å²) in [5.41, 5.74) is 0.715. The van der Waals surface area contributed by atoms with Crippen molar-refractivity contribution in [2.45, 2.75) is 19.1 Å². The molecule has 0 bridgehead atoms. The first-order chi connectivity index (χ1) is 5.66. The molecule has 1 aliphatic carbocycles. The van der Waals surface area contributed by atoms with E-state index in [1.165, 1.54) is 0 Å². The fourth-order valence-electron chi connectivity index (χ4n) is 1.57. The molecule has 0 aromatic rings. The van der Waals surface area contributed by atoms with Crippen LogP contribution in [0.25, 0.3) is 0 Å². The second-order valence-corrected chi connectivity index (χ2v) is 3.37. The summed E-state index contributed by atoms with van der Waals surface area (Å²) in [5, 5.41) is 0.275. The van der Waals surface area contributed by atoms with E-state index < -0.39 is 5.79 Å². The first-order valence-electron chi connectivity index (χ1n) is 3.84. The summed E-state index contributed by atoms with van der Waals surface area (Å²) >= 11 is 5.75. The van der Waals surface area contributed by atoms with Crippen molar-refractivity contribution < 1.29 is 14.3 Å². The van der Waals surface area contributed by atoms with Crippen molar-refractivity contribution in [3.8, 4) is 0 Å². The Labute approximate surface area is 75.3 Å². The molecule has 0 radical (unpaired) electrons. The van der Waals surface area contributed by atoms with Gasteiger partial charge in [0, 0.05) is 5.57 Å². The van der Waals surface area contributed by atoms with Crippen molar-refractivity contribution in [2.24, 2.45) is 0 Å². The van der Waals surface area contributed by atoms with E-state index in [1.807, 2.05) is 0 Å². The number of carbonyl (C=O) groups excluding carboxylic acids is 1. The molecular formula is C8H9ClO3. The lowest BCUT2D eigenvalue weighted by molar-refractivity contribution is -0.139. The Morgan fingerprint density at radius 1 is 1.42 bits per heavy atom. The zero-order valence-corrected chi connectivity index (χ0v) is 7.48. The van der Waals surface area contributed by atoms with Gasteiger partial charge in [-0.25, -0.2) is 0 Å². The molecule has 4 heteroatoms. The lowest BCUT2D eigenvalue weighted by atomic mass is 10.1. The van der Waals surface area contributed by atoms with Gasteiger partial charge < -0.3 is 9.47 Å². The molecule has 0 aromatic heterocycles. The van der Waals surface area contributed by atoms with Crippen LogP contribution in [0.3, 0.4) is 0 Å². The van der Waals surface area contributed by atoms with Crippen LogP contribution in [0.1, 0.15) is 13.3 Å². The Morgan fingerprint density at radius 3 is 2.42 bits per heavy atom. The molecule has 0 aromatic carbocycles. The summed E-state index contributed by atoms with van der Waals surface area (Å²) in [5.74, 6) is -0.898. The quantitative estimate of drug-likeness (QED) is 0.574. The van der Waals surface area contributed by atoms with Crippen molar-refractivity contribution in [3.05, 3.63) is 10.6 Å². The number of ether oxygens (including phenoxy) is 2. The Kier molecular flexibility index (Phi) is 1.75. The number of halogens is 1. The number of carbonyl (C=O) groups is 1. The molecule has 2 rings (SSSR count). The maximum Gasteiger partial charge on any atom is 0.199 e. The van der Waals surface area contributed by atoms with E-state index in [0.29, 0.717) is 18.8 Å². The number of Topliss-reactive ketones (excluding diaryl/α,β-unsaturated/α-hetero) is 1. The lowest BCUT2D eigenvalue weighted by Gasteiger charge is -2.21. The van der Waals surface area contributed by atoms with Gasteiger partial charge in [-0.2, -0.15) is 0 Å². The van der Waals surface area contributed by atoms with Gasteiger partial charge in [-0.05, 0) is 6.92 Å². The molecule has 0 unspecified atom stereocenters. The van der Waals surface area contributed by atoms with Crippen LogP contribution in [0, 0.1) is 0 Å². The highest BCUT2D eigenvalue weighted by atomic mass is 35.5. The monoisotopic (exact) mass is 188 g/mol. The standard InChI is InChI=1S/C8H9ClO3/c1-5-7(9)6(10)4-8(5)11-2-3-12-8/h2-4H2,1H3. The second kappa shape index (κ2) is 2.55. The molecule has 1 fully saturated rings. The zero-order valence-electron chi connectivity index (χ0n) is 6.72. The minimum absolute atomic E-state index is 0.0870. The van der Waals surface area contributed by atoms with Crippen LogP contribution in [0.2, 0.25) is 0 Å². The van der Waals surface area contributed by atoms with Gasteiger partial charge >= 0.3 is 0 Å². The Bertz CT molecular complexity index is 263. The largest absolute Gasteiger partial charge is 0.343 e. The Balaban J connectivity index is 2.37. The normalized spacial score (nSPS) is 27.7. The van der Waals surface area contributed by atoms with Crippen molar-refractivity contribution in [3.63, 3.8) is 0 Å². The first kappa shape index (κ1) is 8.23. The maximum atomic E-state index is 11.2. The van der Waals surface area contributed by atoms with Gasteiger partial charge in [0.25, 0.3) is 0 Å². The van der Waals surface area contributed by atoms with Crippen molar-refractivity contribution in [1.29, 1.82) is 0 Å². The predicted molar refractivity (Wildman–Crippen MR) is 42.8 cm³/mol. The van der Waals surface area contributed by atoms with Gasteiger partial charge in [-0.15, -0.1) is 0 Å². The summed E-state index contributed by atoms with van der Waals surface area (Å²) in [4.78, 5) is 11.2. The van der Waals surface area contributed by atoms with Crippen molar-refractivity contribution in [1.82, 2.24) is 0 Å². The number of hydrogen-bond donors (Lipinski definition) is 0. The average Bonchev–Trinajstić information content (AvgIpc) is 2.57. The SMILES string of the molecule is CC1=C(Cl)C(=O)CC12OCCO2. The van der Waals surface area contributed by atoms with Gasteiger partial charge in [-0.1, -0.05) is 11.6 Å². The van der Waals surface area contributed by atoms with E-state index in [4.69, 9.17) is 21.1 Å². The van der Waals surface area contributed by atoms with Gasteiger partial charge in [0.2, 0.25) is 0 Å². The second-order valence-electron chi connectivity index (χ2n) is 2.99. The fourth-order valence-corrected chi connectivity index (χ4v) is 1.78. The fraction of sp³-hybridized carbons (Fsp3) is 0.625. The number of hydrogen-bond acceptors (Lipinski definition) is 3. The minimum atomic E-state index is -0.811. The summed E-state index contributed by atoms with van der Waals surface area (Å²) in [6, 6.07) is 0. The summed E-state index contributed by atoms with van der Waals surface area (Å²) in [7, 11) is 0. The summed E-state index contributed by atoms with van der Waals surface area (Å²) in [6.07, 6.45) is 0.234. The van der Waals surface area contributed by atoms with Gasteiger partial charge in [0.05, 0.1) is 24.7 Å². The van der Waals surface area contributed by atoms with Crippen LogP contribution < -0.4 is 0 Å². The van der Waals surface area contributed by atoms with E-state index in [2.05, 4.69) is 0 Å². The van der Waals surface area contributed by atoms with Gasteiger partial charge in [0.15, 0.2) is 11.6 Å². The number of rotatable bonds is 0. The highest BCUT2D eigenvalue weighted by Crippen LogP contribution is 2.40. The van der Waals surface area contributed by atoms with Crippen molar-refractivity contribution >= 4 is 17.4 Å². The molecular weight excluding hydrogens is 180 g/mol. The molecule has 2 aliphatic rings. The van der Waals surface area contributed by atoms with E-state index in [0.717, 1.165) is 0 Å². The van der Waals surface area contributed by atoms with Crippen LogP contribution in [0.15, 0.2) is 10.6 Å². The Hall–Kier alpha value is -0.380. The van der Waals surface area contributed by atoms with Crippen LogP contribution in [0.5, 0.6) is 0 Å². The third-order valence-corrected chi connectivity index (χ3v) is 2.79. The van der Waals surface area contributed by atoms with Crippen LogP contribution in [-0.2, 0) is 14.3 Å². The molecule has 1 saturated heterocycles. The summed E-state index contributed by atoms with van der Waals surface area (Å²) in [6.45, 7) is 2.85. The van der Waals surface area contributed by atoms with Gasteiger partial charge in [0.1, 0.15) is 0 Å². The minimum Gasteiger partial charge on any atom is -0.343 e. The van der Waals surface area contributed by atoms with Crippen LogP contribution >= 0.6 is 11.6 Å². The molecule has 0 atom stereocenters. The Morgan fingerprint density at radius 2 is 2.00 bits per heavy atom. The van der Waals surface area contributed by atoms with E-state index >= 15 is 0 Å². The average molecular weight is 189 g/mol. The highest BCUT2D eigenvalue weighted by Gasteiger charge is 2.47. The van der Waals surface area contributed by atoms with Crippen LogP contribution in [0.4, 0.5) is 0 Å². The zero-order chi connectivity index (χ0) is 8.77. The first-order valence-corrected chi connectivity index (χ1v) is 4.21. The van der Waals surface area contributed by atoms with Gasteiger partial charge in [-0.3, -0.25) is 4.79 Å². The van der Waals surface area contributed by atoms with E-state index in [1.54, 1.807) is 6.92 Å². The highest BCUT2D eigenvalue weighted by molar-refractivity contribution is 6.44. The molecule has 1 heterocycles.